The Balaban J connectivity index is 1.58. The molecule has 2 aromatic carbocycles. The van der Waals surface area contributed by atoms with Gasteiger partial charge in [-0.25, -0.2) is 9.18 Å². The molecule has 2 fully saturated rings. The third-order valence-electron chi connectivity index (χ3n) is 5.91. The number of carboxylic acid groups (broad SMARTS) is 1. The first-order valence-corrected chi connectivity index (χ1v) is 11.0. The Bertz CT molecular complexity index is 1020. The summed E-state index contributed by atoms with van der Waals surface area (Å²) in [6.07, 6.45) is 2.92. The number of halogens is 3. The second-order valence-electron chi connectivity index (χ2n) is 8.15. The maximum Gasteiger partial charge on any atom is 0.338 e. The fraction of sp³-hybridized carbons (Fsp3) is 0.391. The van der Waals surface area contributed by atoms with E-state index in [1.165, 1.54) is 12.1 Å². The molecule has 0 spiro atoms. The van der Waals surface area contributed by atoms with Gasteiger partial charge in [-0.1, -0.05) is 23.2 Å². The predicted molar refractivity (Wildman–Crippen MR) is 116 cm³/mol. The van der Waals surface area contributed by atoms with Crippen molar-refractivity contribution in [2.24, 2.45) is 0 Å². The number of carbonyl (C=O) groups excluding carboxylic acids is 1. The molecular formula is C23H22Cl2FNO4. The lowest BCUT2D eigenvalue weighted by molar-refractivity contribution is 0.0277. The first kappa shape index (κ1) is 21.9. The molecule has 0 aromatic heterocycles. The van der Waals surface area contributed by atoms with Gasteiger partial charge in [0.25, 0.3) is 5.91 Å². The van der Waals surface area contributed by atoms with Crippen LogP contribution in [0.25, 0.3) is 0 Å². The van der Waals surface area contributed by atoms with E-state index in [0.29, 0.717) is 34.3 Å². The predicted octanol–water partition coefficient (Wildman–Crippen LogP) is 5.78. The van der Waals surface area contributed by atoms with E-state index < -0.39 is 11.8 Å². The molecule has 5 nitrogen and oxygen atoms in total. The van der Waals surface area contributed by atoms with E-state index in [0.717, 1.165) is 24.8 Å². The first-order valence-electron chi connectivity index (χ1n) is 10.2. The van der Waals surface area contributed by atoms with Crippen LogP contribution < -0.4 is 4.74 Å². The summed E-state index contributed by atoms with van der Waals surface area (Å²) in [7, 11) is 0. The molecule has 1 amide bonds. The Labute approximate surface area is 189 Å². The van der Waals surface area contributed by atoms with Crippen molar-refractivity contribution in [1.82, 2.24) is 4.90 Å². The van der Waals surface area contributed by atoms with E-state index in [-0.39, 0.29) is 29.5 Å². The number of carboxylic acids is 1. The van der Waals surface area contributed by atoms with E-state index in [2.05, 4.69) is 0 Å². The third-order valence-corrected chi connectivity index (χ3v) is 6.35. The molecule has 1 saturated heterocycles. The van der Waals surface area contributed by atoms with Gasteiger partial charge in [-0.15, -0.1) is 0 Å². The van der Waals surface area contributed by atoms with Gasteiger partial charge in [0.15, 0.2) is 0 Å². The largest absolute Gasteiger partial charge is 0.488 e. The summed E-state index contributed by atoms with van der Waals surface area (Å²) < 4.78 is 20.6. The molecule has 2 aliphatic rings. The molecule has 1 saturated carbocycles. The van der Waals surface area contributed by atoms with Crippen molar-refractivity contribution in [1.29, 1.82) is 0 Å². The van der Waals surface area contributed by atoms with Crippen LogP contribution in [0.4, 0.5) is 4.39 Å². The summed E-state index contributed by atoms with van der Waals surface area (Å²) in [4.78, 5) is 26.1. The van der Waals surface area contributed by atoms with Crippen LogP contribution in [0.3, 0.4) is 0 Å². The van der Waals surface area contributed by atoms with E-state index in [9.17, 15) is 19.1 Å². The highest BCUT2D eigenvalue weighted by Gasteiger charge is 2.35. The first-order chi connectivity index (χ1) is 14.7. The van der Waals surface area contributed by atoms with Crippen molar-refractivity contribution in [3.05, 3.63) is 62.9 Å². The number of aromatic carboxylic acids is 1. The number of rotatable bonds is 5. The summed E-state index contributed by atoms with van der Waals surface area (Å²) >= 11 is 12.1. The van der Waals surface area contributed by atoms with E-state index >= 15 is 0 Å². The lowest BCUT2D eigenvalue weighted by Crippen LogP contribution is -2.51. The van der Waals surface area contributed by atoms with Crippen LogP contribution in [0.5, 0.6) is 5.75 Å². The monoisotopic (exact) mass is 465 g/mol. The molecule has 164 valence electrons. The number of amides is 1. The van der Waals surface area contributed by atoms with Crippen LogP contribution in [0, 0.1) is 5.82 Å². The number of likely N-dealkylation sites (tertiary alicyclic amines) is 1. The standard InChI is InChI=1S/C23H22Cl2FNO4/c1-12-20(3-2-6-27(12)22(28)14-7-15(24)9-16(25)8-14)31-21-11-19(26)18(23(29)30)10-17(21)13-4-5-13/h7-13,20H,2-6H2,1H3,(H,29,30)/t12-,20?/m1/s1. The zero-order valence-corrected chi connectivity index (χ0v) is 18.4. The van der Waals surface area contributed by atoms with E-state index in [1.807, 2.05) is 6.92 Å². The number of piperidine rings is 1. The van der Waals surface area contributed by atoms with Gasteiger partial charge in [-0.3, -0.25) is 4.79 Å². The van der Waals surface area contributed by atoms with Crippen molar-refractivity contribution < 1.29 is 23.8 Å². The zero-order chi connectivity index (χ0) is 22.3. The number of nitrogens with zero attached hydrogens (tertiary/aromatic N) is 1. The molecule has 1 aliphatic heterocycles. The zero-order valence-electron chi connectivity index (χ0n) is 16.9. The maximum atomic E-state index is 14.4. The van der Waals surface area contributed by atoms with Crippen molar-refractivity contribution in [3.8, 4) is 5.75 Å². The van der Waals surface area contributed by atoms with Gasteiger partial charge in [-0.2, -0.15) is 0 Å². The molecule has 1 N–H and O–H groups in total. The molecule has 1 aliphatic carbocycles. The minimum Gasteiger partial charge on any atom is -0.488 e. The maximum absolute atomic E-state index is 14.4. The normalized spacial score (nSPS) is 21.1. The number of hydrogen-bond acceptors (Lipinski definition) is 3. The van der Waals surface area contributed by atoms with Crippen LogP contribution >= 0.6 is 23.2 Å². The minimum atomic E-state index is -1.30. The Hall–Kier alpha value is -2.31. The van der Waals surface area contributed by atoms with Crippen molar-refractivity contribution in [3.63, 3.8) is 0 Å². The molecule has 1 unspecified atom stereocenters. The average molecular weight is 466 g/mol. The van der Waals surface area contributed by atoms with Gasteiger partial charge >= 0.3 is 5.97 Å². The number of hydrogen-bond donors (Lipinski definition) is 1. The van der Waals surface area contributed by atoms with Gasteiger partial charge in [-0.05, 0) is 68.4 Å². The fourth-order valence-electron chi connectivity index (χ4n) is 4.11. The topological polar surface area (TPSA) is 66.8 Å². The number of benzene rings is 2. The smallest absolute Gasteiger partial charge is 0.338 e. The Kier molecular flexibility index (Phi) is 6.13. The molecular weight excluding hydrogens is 444 g/mol. The molecule has 0 radical (unpaired) electrons. The summed E-state index contributed by atoms with van der Waals surface area (Å²) in [6.45, 7) is 2.46. The number of ether oxygens (including phenoxy) is 1. The molecule has 2 aromatic rings. The van der Waals surface area contributed by atoms with Crippen LogP contribution in [-0.4, -0.2) is 40.6 Å². The molecule has 8 heteroatoms. The highest BCUT2D eigenvalue weighted by atomic mass is 35.5. The van der Waals surface area contributed by atoms with E-state index in [1.54, 1.807) is 23.1 Å². The minimum absolute atomic E-state index is 0.180. The number of carbonyl (C=O) groups is 2. The average Bonchev–Trinajstić information content (AvgIpc) is 3.53. The van der Waals surface area contributed by atoms with Crippen LogP contribution in [0.15, 0.2) is 30.3 Å². The lowest BCUT2D eigenvalue weighted by atomic mass is 9.98. The summed E-state index contributed by atoms with van der Waals surface area (Å²) in [5.41, 5.74) is 0.775. The van der Waals surface area contributed by atoms with Gasteiger partial charge in [0.1, 0.15) is 17.7 Å². The highest BCUT2D eigenvalue weighted by molar-refractivity contribution is 6.35. The van der Waals surface area contributed by atoms with E-state index in [4.69, 9.17) is 27.9 Å². The van der Waals surface area contributed by atoms with Gasteiger partial charge in [0.2, 0.25) is 0 Å². The van der Waals surface area contributed by atoms with Crippen LogP contribution in [-0.2, 0) is 0 Å². The van der Waals surface area contributed by atoms with Gasteiger partial charge in [0, 0.05) is 28.2 Å². The van der Waals surface area contributed by atoms with Crippen molar-refractivity contribution in [2.45, 2.75) is 50.7 Å². The van der Waals surface area contributed by atoms with Gasteiger partial charge < -0.3 is 14.7 Å². The molecule has 31 heavy (non-hydrogen) atoms. The lowest BCUT2D eigenvalue weighted by Gasteiger charge is -2.39. The van der Waals surface area contributed by atoms with Gasteiger partial charge in [0.05, 0.1) is 11.6 Å². The quantitative estimate of drug-likeness (QED) is 0.607. The van der Waals surface area contributed by atoms with Crippen molar-refractivity contribution in [2.75, 3.05) is 6.54 Å². The Morgan fingerprint density at radius 1 is 1.10 bits per heavy atom. The summed E-state index contributed by atoms with van der Waals surface area (Å²) in [5, 5.41) is 10.0. The Morgan fingerprint density at radius 2 is 1.77 bits per heavy atom. The third kappa shape index (κ3) is 4.65. The fourth-order valence-corrected chi connectivity index (χ4v) is 4.64. The molecule has 1 heterocycles. The molecule has 4 rings (SSSR count). The Morgan fingerprint density at radius 3 is 2.39 bits per heavy atom. The van der Waals surface area contributed by atoms with Crippen LogP contribution in [0.2, 0.25) is 10.0 Å². The highest BCUT2D eigenvalue weighted by Crippen LogP contribution is 2.45. The molecule has 2 atom stereocenters. The second kappa shape index (κ2) is 8.67. The SMILES string of the molecule is C[C@@H]1C(Oc2cc(F)c(C(=O)O)cc2C2CC2)CCCN1C(=O)c1cc(Cl)cc(Cl)c1. The molecule has 0 bridgehead atoms. The second-order valence-corrected chi connectivity index (χ2v) is 9.02. The summed E-state index contributed by atoms with van der Waals surface area (Å²) in [5.74, 6) is -1.77. The van der Waals surface area contributed by atoms with Crippen LogP contribution in [0.1, 0.15) is 64.8 Å². The van der Waals surface area contributed by atoms with Crippen molar-refractivity contribution >= 4 is 35.1 Å². The summed E-state index contributed by atoms with van der Waals surface area (Å²) in [6, 6.07) is 7.01.